The molecule has 0 saturated heterocycles. The highest BCUT2D eigenvalue weighted by molar-refractivity contribution is 7.89. The number of benzene rings is 2. The van der Waals surface area contributed by atoms with Gasteiger partial charge in [-0.05, 0) is 30.3 Å². The van der Waals surface area contributed by atoms with Crippen LogP contribution in [0.3, 0.4) is 0 Å². The summed E-state index contributed by atoms with van der Waals surface area (Å²) in [5.41, 5.74) is 0.618. The van der Waals surface area contributed by atoms with Crippen molar-refractivity contribution in [2.75, 3.05) is 0 Å². The fourth-order valence-electron chi connectivity index (χ4n) is 1.60. The highest BCUT2D eigenvalue weighted by Crippen LogP contribution is 2.30. The van der Waals surface area contributed by atoms with E-state index in [1.807, 2.05) is 0 Å². The minimum Gasteiger partial charge on any atom is -0.487 e. The third kappa shape index (κ3) is 4.02. The minimum absolute atomic E-state index is 0.0874. The fraction of sp³-hybridized carbons (Fsp3) is 0.0769. The van der Waals surface area contributed by atoms with Crippen LogP contribution in [-0.2, 0) is 16.6 Å². The lowest BCUT2D eigenvalue weighted by Crippen LogP contribution is -2.12. The summed E-state index contributed by atoms with van der Waals surface area (Å²) in [5, 5.41) is 6.09. The van der Waals surface area contributed by atoms with Crippen molar-refractivity contribution in [3.8, 4) is 5.75 Å². The molecule has 0 fully saturated rings. The molecule has 0 aromatic heterocycles. The van der Waals surface area contributed by atoms with Gasteiger partial charge in [-0.1, -0.05) is 40.9 Å². The van der Waals surface area contributed by atoms with Gasteiger partial charge in [0.15, 0.2) is 0 Å². The Morgan fingerprint density at radius 2 is 1.62 bits per heavy atom. The normalized spacial score (nSPS) is 11.4. The predicted octanol–water partition coefficient (Wildman–Crippen LogP) is 3.87. The zero-order valence-electron chi connectivity index (χ0n) is 10.5. The van der Waals surface area contributed by atoms with Gasteiger partial charge >= 0.3 is 0 Å². The van der Waals surface area contributed by atoms with Crippen molar-refractivity contribution in [3.63, 3.8) is 0 Å². The molecule has 0 unspecified atom stereocenters. The number of hydrogen-bond acceptors (Lipinski definition) is 3. The van der Waals surface area contributed by atoms with E-state index in [1.165, 1.54) is 18.2 Å². The topological polar surface area (TPSA) is 69.4 Å². The Balaban J connectivity index is 2.22. The Labute approximate surface area is 137 Å². The number of rotatable bonds is 4. The Morgan fingerprint density at radius 1 is 1.00 bits per heavy atom. The maximum atomic E-state index is 11.2. The van der Waals surface area contributed by atoms with E-state index in [9.17, 15) is 8.42 Å². The first-order valence-corrected chi connectivity index (χ1v) is 8.35. The van der Waals surface area contributed by atoms with Crippen molar-refractivity contribution in [2.45, 2.75) is 11.5 Å². The Hall–Kier alpha value is -0.980. The molecule has 0 heterocycles. The minimum atomic E-state index is -3.80. The largest absolute Gasteiger partial charge is 0.487 e. The summed E-state index contributed by atoms with van der Waals surface area (Å²) in [5.74, 6) is 0.306. The first-order chi connectivity index (χ1) is 9.79. The lowest BCUT2D eigenvalue weighted by Gasteiger charge is -2.11. The van der Waals surface area contributed by atoms with Crippen molar-refractivity contribution in [1.82, 2.24) is 0 Å². The van der Waals surface area contributed by atoms with Crippen LogP contribution in [0.1, 0.15) is 5.56 Å². The second-order valence-electron chi connectivity index (χ2n) is 4.13. The van der Waals surface area contributed by atoms with E-state index in [-0.39, 0.29) is 16.5 Å². The van der Waals surface area contributed by atoms with Crippen LogP contribution in [-0.4, -0.2) is 8.42 Å². The maximum absolute atomic E-state index is 11.2. The molecule has 0 aliphatic carbocycles. The van der Waals surface area contributed by atoms with Gasteiger partial charge in [0.05, 0.1) is 9.92 Å². The first kappa shape index (κ1) is 16.4. The molecular weight excluding hydrogens is 357 g/mol. The molecule has 0 aliphatic rings. The van der Waals surface area contributed by atoms with Crippen LogP contribution in [0.4, 0.5) is 0 Å². The van der Waals surface area contributed by atoms with Crippen LogP contribution in [0.25, 0.3) is 0 Å². The lowest BCUT2D eigenvalue weighted by molar-refractivity contribution is 0.306. The molecular formula is C13H10Cl3NO3S. The van der Waals surface area contributed by atoms with Crippen molar-refractivity contribution in [3.05, 3.63) is 57.0 Å². The zero-order valence-corrected chi connectivity index (χ0v) is 13.6. The van der Waals surface area contributed by atoms with E-state index in [1.54, 1.807) is 18.2 Å². The summed E-state index contributed by atoms with van der Waals surface area (Å²) in [6, 6.07) is 9.07. The highest BCUT2D eigenvalue weighted by atomic mass is 35.5. The molecule has 112 valence electrons. The fourth-order valence-corrected chi connectivity index (χ4v) is 2.94. The Bertz CT molecular complexity index is 758. The number of nitrogens with two attached hydrogens (primary N) is 1. The van der Waals surface area contributed by atoms with Crippen LogP contribution in [0.2, 0.25) is 15.1 Å². The van der Waals surface area contributed by atoms with Crippen molar-refractivity contribution in [1.29, 1.82) is 0 Å². The molecule has 2 aromatic rings. The molecule has 2 rings (SSSR count). The smallest absolute Gasteiger partial charge is 0.238 e. The summed E-state index contributed by atoms with van der Waals surface area (Å²) in [7, 11) is -3.80. The number of halogens is 3. The molecule has 0 amide bonds. The third-order valence-electron chi connectivity index (χ3n) is 2.67. The molecule has 0 radical (unpaired) electrons. The molecule has 0 aliphatic heterocycles. The van der Waals surface area contributed by atoms with E-state index in [0.717, 1.165) is 0 Å². The summed E-state index contributed by atoms with van der Waals surface area (Å²) >= 11 is 18.0. The van der Waals surface area contributed by atoms with E-state index in [4.69, 9.17) is 44.7 Å². The van der Waals surface area contributed by atoms with Gasteiger partial charge in [0, 0.05) is 15.6 Å². The zero-order chi connectivity index (χ0) is 15.6. The SMILES string of the molecule is NS(=O)(=O)c1ccc(OCc2c(Cl)cccc2Cl)c(Cl)c1. The molecule has 8 heteroatoms. The van der Waals surface area contributed by atoms with Gasteiger partial charge in [0.1, 0.15) is 12.4 Å². The second-order valence-corrected chi connectivity index (χ2v) is 6.91. The standard InChI is InChI=1S/C13H10Cl3NO3S/c14-10-2-1-3-11(15)9(10)7-20-13-5-4-8(6-12(13)16)21(17,18)19/h1-6H,7H2,(H2,17,18,19). The summed E-state index contributed by atoms with van der Waals surface area (Å²) < 4.78 is 27.9. The molecule has 21 heavy (non-hydrogen) atoms. The molecule has 0 spiro atoms. The number of ether oxygens (including phenoxy) is 1. The van der Waals surface area contributed by atoms with Gasteiger partial charge in [-0.2, -0.15) is 0 Å². The Kier molecular flexibility index (Phi) is 5.01. The van der Waals surface area contributed by atoms with E-state index in [0.29, 0.717) is 21.4 Å². The van der Waals surface area contributed by atoms with Crippen LogP contribution in [0, 0.1) is 0 Å². The number of primary sulfonamides is 1. The second kappa shape index (κ2) is 6.42. The molecule has 2 N–H and O–H groups in total. The summed E-state index contributed by atoms with van der Waals surface area (Å²) in [6.45, 7) is 0.104. The number of sulfonamides is 1. The Morgan fingerprint density at radius 3 is 2.14 bits per heavy atom. The lowest BCUT2D eigenvalue weighted by atomic mass is 10.2. The van der Waals surface area contributed by atoms with Crippen molar-refractivity contribution < 1.29 is 13.2 Å². The molecule has 0 saturated carbocycles. The maximum Gasteiger partial charge on any atom is 0.238 e. The van der Waals surface area contributed by atoms with Crippen LogP contribution >= 0.6 is 34.8 Å². The van der Waals surface area contributed by atoms with Gasteiger partial charge in [-0.25, -0.2) is 13.6 Å². The van der Waals surface area contributed by atoms with Crippen molar-refractivity contribution in [2.24, 2.45) is 5.14 Å². The number of hydrogen-bond donors (Lipinski definition) is 1. The van der Waals surface area contributed by atoms with E-state index in [2.05, 4.69) is 0 Å². The summed E-state index contributed by atoms with van der Waals surface area (Å²) in [6.07, 6.45) is 0. The molecule has 0 atom stereocenters. The van der Waals surface area contributed by atoms with Gasteiger partial charge in [0.2, 0.25) is 10.0 Å². The summed E-state index contributed by atoms with van der Waals surface area (Å²) in [4.78, 5) is -0.0874. The van der Waals surface area contributed by atoms with Crippen LogP contribution in [0.15, 0.2) is 41.3 Å². The van der Waals surface area contributed by atoms with Gasteiger partial charge in [-0.3, -0.25) is 0 Å². The van der Waals surface area contributed by atoms with Crippen LogP contribution < -0.4 is 9.88 Å². The van der Waals surface area contributed by atoms with E-state index < -0.39 is 10.0 Å². The average molecular weight is 367 g/mol. The monoisotopic (exact) mass is 365 g/mol. The highest BCUT2D eigenvalue weighted by Gasteiger charge is 2.12. The molecule has 2 aromatic carbocycles. The van der Waals surface area contributed by atoms with Crippen molar-refractivity contribution >= 4 is 44.8 Å². The van der Waals surface area contributed by atoms with E-state index >= 15 is 0 Å². The quantitative estimate of drug-likeness (QED) is 0.893. The first-order valence-electron chi connectivity index (χ1n) is 5.67. The average Bonchev–Trinajstić information content (AvgIpc) is 2.38. The van der Waals surface area contributed by atoms with Gasteiger partial charge in [0.25, 0.3) is 0 Å². The van der Waals surface area contributed by atoms with Gasteiger partial charge in [-0.15, -0.1) is 0 Å². The molecule has 4 nitrogen and oxygen atoms in total. The third-order valence-corrected chi connectivity index (χ3v) is 4.58. The molecule has 0 bridgehead atoms. The predicted molar refractivity (Wildman–Crippen MR) is 83.6 cm³/mol. The van der Waals surface area contributed by atoms with Gasteiger partial charge < -0.3 is 4.74 Å². The van der Waals surface area contributed by atoms with Crippen LogP contribution in [0.5, 0.6) is 5.75 Å².